The Kier molecular flexibility index (Phi) is 5.76. The zero-order valence-corrected chi connectivity index (χ0v) is 12.3. The molecule has 1 N–H and O–H groups in total. The Hall–Kier alpha value is -1.40. The van der Waals surface area contributed by atoms with Gasteiger partial charge in [0.15, 0.2) is 0 Å². The molecule has 2 aromatic rings. The average molecular weight is 309 g/mol. The van der Waals surface area contributed by atoms with Gasteiger partial charge in [-0.1, -0.05) is 29.8 Å². The minimum atomic E-state index is -0.898. The van der Waals surface area contributed by atoms with Gasteiger partial charge in [0.2, 0.25) is 0 Å². The van der Waals surface area contributed by atoms with Crippen LogP contribution in [0, 0.1) is 5.82 Å². The van der Waals surface area contributed by atoms with Crippen molar-refractivity contribution in [3.8, 4) is 0 Å². The lowest BCUT2D eigenvalue weighted by molar-refractivity contribution is -0.0389. The van der Waals surface area contributed by atoms with E-state index in [9.17, 15) is 9.41 Å². The summed E-state index contributed by atoms with van der Waals surface area (Å²) in [7, 11) is 1.51. The van der Waals surface area contributed by atoms with Crippen LogP contribution in [0.4, 0.5) is 4.39 Å². The first-order valence-corrected chi connectivity index (χ1v) is 6.78. The molecule has 6 heteroatoms. The molecular weight excluding hydrogens is 293 g/mol. The van der Waals surface area contributed by atoms with E-state index in [0.29, 0.717) is 21.5 Å². The van der Waals surface area contributed by atoms with E-state index in [1.165, 1.54) is 19.2 Å². The van der Waals surface area contributed by atoms with Crippen LogP contribution in [0.25, 0.3) is 0 Å². The molecule has 110 valence electrons. The highest BCUT2D eigenvalue weighted by molar-refractivity contribution is 6.79. The summed E-state index contributed by atoms with van der Waals surface area (Å²) in [5, 5.41) is 11.0. The van der Waals surface area contributed by atoms with Crippen molar-refractivity contribution in [3.05, 3.63) is 58.9 Å². The number of rotatable bonds is 6. The second kappa shape index (κ2) is 7.57. The molecule has 2 aromatic carbocycles. The molecule has 0 aromatic heterocycles. The summed E-state index contributed by atoms with van der Waals surface area (Å²) >= 11 is 5.93. The number of halogens is 2. The molecule has 0 aliphatic rings. The first kappa shape index (κ1) is 16.0. The van der Waals surface area contributed by atoms with Crippen molar-refractivity contribution in [1.29, 1.82) is 0 Å². The van der Waals surface area contributed by atoms with E-state index >= 15 is 0 Å². The van der Waals surface area contributed by atoms with Gasteiger partial charge in [-0.05, 0) is 40.8 Å². The fourth-order valence-corrected chi connectivity index (χ4v) is 2.26. The second-order valence-electron chi connectivity index (χ2n) is 4.56. The van der Waals surface area contributed by atoms with Crippen LogP contribution < -0.4 is 10.9 Å². The zero-order chi connectivity index (χ0) is 15.2. The number of methoxy groups -OCH3 is 1. The lowest BCUT2D eigenvalue weighted by Crippen LogP contribution is -2.44. The van der Waals surface area contributed by atoms with Gasteiger partial charge in [-0.25, -0.2) is 4.39 Å². The van der Waals surface area contributed by atoms with Gasteiger partial charge in [0.05, 0.1) is 6.61 Å². The predicted octanol–water partition coefficient (Wildman–Crippen LogP) is 1.70. The molecule has 0 bridgehead atoms. The Balaban J connectivity index is 2.29. The molecule has 2 rings (SSSR count). The third-order valence-corrected chi connectivity index (χ3v) is 3.26. The molecular formula is C15H15BClFO3. The van der Waals surface area contributed by atoms with E-state index in [0.717, 1.165) is 0 Å². The maximum absolute atomic E-state index is 13.4. The largest absolute Gasteiger partial charge is 0.443 e. The van der Waals surface area contributed by atoms with Crippen LogP contribution in [-0.4, -0.2) is 25.8 Å². The highest BCUT2D eigenvalue weighted by atomic mass is 35.5. The SMILES string of the molecule is COCOCc1cc(F)ccc1B(O)c1cccc(Cl)c1. The molecule has 0 atom stereocenters. The van der Waals surface area contributed by atoms with E-state index in [1.807, 2.05) is 0 Å². The van der Waals surface area contributed by atoms with Gasteiger partial charge in [0.1, 0.15) is 12.6 Å². The minimum Gasteiger partial charge on any atom is -0.443 e. The molecule has 0 saturated carbocycles. The van der Waals surface area contributed by atoms with E-state index in [1.54, 1.807) is 30.3 Å². The number of hydrogen-bond donors (Lipinski definition) is 1. The van der Waals surface area contributed by atoms with Crippen molar-refractivity contribution in [1.82, 2.24) is 0 Å². The van der Waals surface area contributed by atoms with E-state index < -0.39 is 6.92 Å². The second-order valence-corrected chi connectivity index (χ2v) is 4.99. The van der Waals surface area contributed by atoms with Gasteiger partial charge in [-0.15, -0.1) is 0 Å². The molecule has 0 amide bonds. The van der Waals surface area contributed by atoms with Gasteiger partial charge in [-0.2, -0.15) is 0 Å². The van der Waals surface area contributed by atoms with Crippen LogP contribution in [-0.2, 0) is 16.1 Å². The van der Waals surface area contributed by atoms with Gasteiger partial charge in [-0.3, -0.25) is 0 Å². The maximum Gasteiger partial charge on any atom is 0.359 e. The van der Waals surface area contributed by atoms with Crippen molar-refractivity contribution in [2.75, 3.05) is 13.9 Å². The van der Waals surface area contributed by atoms with Gasteiger partial charge in [0, 0.05) is 12.1 Å². The summed E-state index contributed by atoms with van der Waals surface area (Å²) in [6.45, 7) is -0.646. The lowest BCUT2D eigenvalue weighted by atomic mass is 9.54. The summed E-state index contributed by atoms with van der Waals surface area (Å²) in [6.07, 6.45) is 0. The minimum absolute atomic E-state index is 0.100. The van der Waals surface area contributed by atoms with Crippen molar-refractivity contribution in [2.24, 2.45) is 0 Å². The van der Waals surface area contributed by atoms with E-state index in [-0.39, 0.29) is 19.2 Å². The molecule has 0 spiro atoms. The topological polar surface area (TPSA) is 38.7 Å². The third-order valence-electron chi connectivity index (χ3n) is 3.02. The fraction of sp³-hybridized carbons (Fsp3) is 0.200. The lowest BCUT2D eigenvalue weighted by Gasteiger charge is -2.13. The first-order valence-electron chi connectivity index (χ1n) is 6.40. The summed E-state index contributed by atoms with van der Waals surface area (Å²) in [5.74, 6) is -0.381. The van der Waals surface area contributed by atoms with Crippen LogP contribution in [0.2, 0.25) is 5.02 Å². The van der Waals surface area contributed by atoms with Crippen molar-refractivity contribution in [3.63, 3.8) is 0 Å². The Morgan fingerprint density at radius 2 is 2.05 bits per heavy atom. The Bertz CT molecular complexity index is 609. The van der Waals surface area contributed by atoms with Crippen molar-refractivity contribution in [2.45, 2.75) is 6.61 Å². The quantitative estimate of drug-likeness (QED) is 0.501. The van der Waals surface area contributed by atoms with E-state index in [4.69, 9.17) is 21.1 Å². The molecule has 0 unspecified atom stereocenters. The Morgan fingerprint density at radius 1 is 1.24 bits per heavy atom. The predicted molar refractivity (Wildman–Crippen MR) is 81.8 cm³/mol. The molecule has 0 heterocycles. The van der Waals surface area contributed by atoms with Gasteiger partial charge >= 0.3 is 6.92 Å². The summed E-state index contributed by atoms with van der Waals surface area (Å²) in [4.78, 5) is 0. The Labute approximate surface area is 128 Å². The average Bonchev–Trinajstić information content (AvgIpc) is 2.47. The van der Waals surface area contributed by atoms with Crippen LogP contribution in [0.5, 0.6) is 0 Å². The van der Waals surface area contributed by atoms with Crippen LogP contribution in [0.3, 0.4) is 0 Å². The molecule has 3 nitrogen and oxygen atoms in total. The summed E-state index contributed by atoms with van der Waals surface area (Å²) in [5.41, 5.74) is 1.79. The standard InChI is InChI=1S/C15H15BClFO3/c1-20-10-21-9-11-7-14(18)5-6-15(11)16(19)12-3-2-4-13(17)8-12/h2-8,19H,9-10H2,1H3. The smallest absolute Gasteiger partial charge is 0.359 e. The zero-order valence-electron chi connectivity index (χ0n) is 11.6. The fourth-order valence-electron chi connectivity index (χ4n) is 2.06. The molecule has 0 saturated heterocycles. The van der Waals surface area contributed by atoms with Crippen LogP contribution in [0.15, 0.2) is 42.5 Å². The highest BCUT2D eigenvalue weighted by Crippen LogP contribution is 2.07. The highest BCUT2D eigenvalue weighted by Gasteiger charge is 2.21. The molecule has 0 aliphatic carbocycles. The van der Waals surface area contributed by atoms with Gasteiger partial charge in [0.25, 0.3) is 0 Å². The normalized spacial score (nSPS) is 10.7. The molecule has 21 heavy (non-hydrogen) atoms. The van der Waals surface area contributed by atoms with Crippen molar-refractivity contribution < 1.29 is 18.9 Å². The summed E-state index contributed by atoms with van der Waals surface area (Å²) < 4.78 is 23.4. The molecule has 0 radical (unpaired) electrons. The third kappa shape index (κ3) is 4.28. The first-order chi connectivity index (χ1) is 10.1. The van der Waals surface area contributed by atoms with Gasteiger partial charge < -0.3 is 14.5 Å². The maximum atomic E-state index is 13.4. The molecule has 0 aliphatic heterocycles. The van der Waals surface area contributed by atoms with Crippen LogP contribution in [0.1, 0.15) is 5.56 Å². The number of ether oxygens (including phenoxy) is 2. The summed E-state index contributed by atoms with van der Waals surface area (Å²) in [6, 6.07) is 11.1. The molecule has 0 fully saturated rings. The monoisotopic (exact) mass is 308 g/mol. The Morgan fingerprint density at radius 3 is 2.76 bits per heavy atom. The van der Waals surface area contributed by atoms with Crippen LogP contribution >= 0.6 is 11.6 Å². The van der Waals surface area contributed by atoms with Crippen molar-refractivity contribution >= 4 is 29.4 Å². The number of hydrogen-bond acceptors (Lipinski definition) is 3. The number of benzene rings is 2. The van der Waals surface area contributed by atoms with E-state index in [2.05, 4.69) is 0 Å².